The predicted octanol–water partition coefficient (Wildman–Crippen LogP) is 4.28. The summed E-state index contributed by atoms with van der Waals surface area (Å²) in [6.45, 7) is 1.47. The first kappa shape index (κ1) is 17.2. The molecule has 0 aliphatic carbocycles. The lowest BCUT2D eigenvalue weighted by molar-refractivity contribution is 0.105. The molecule has 1 atom stereocenters. The maximum atomic E-state index is 6.11. The summed E-state index contributed by atoms with van der Waals surface area (Å²) in [6, 6.07) is 11.9. The Morgan fingerprint density at radius 2 is 2.21 bits per heavy atom. The summed E-state index contributed by atoms with van der Waals surface area (Å²) in [4.78, 5) is 1.23. The van der Waals surface area contributed by atoms with Crippen molar-refractivity contribution in [2.75, 3.05) is 13.7 Å². The van der Waals surface area contributed by atoms with E-state index in [1.165, 1.54) is 4.88 Å². The van der Waals surface area contributed by atoms with Crippen molar-refractivity contribution < 1.29 is 4.74 Å². The van der Waals surface area contributed by atoms with Gasteiger partial charge in [0.1, 0.15) is 6.10 Å². The van der Waals surface area contributed by atoms with Crippen LogP contribution in [-0.2, 0) is 18.3 Å². The topological polar surface area (TPSA) is 39.1 Å². The molecule has 2 aromatic heterocycles. The maximum Gasteiger partial charge on any atom is 0.104 e. The molecule has 2 heterocycles. The third-order valence-electron chi connectivity index (χ3n) is 3.79. The van der Waals surface area contributed by atoms with E-state index >= 15 is 0 Å². The van der Waals surface area contributed by atoms with E-state index in [4.69, 9.17) is 16.3 Å². The molecular weight excluding hydrogens is 342 g/mol. The lowest BCUT2D eigenvalue weighted by Crippen LogP contribution is -2.22. The van der Waals surface area contributed by atoms with Gasteiger partial charge >= 0.3 is 0 Å². The van der Waals surface area contributed by atoms with E-state index in [0.717, 1.165) is 29.9 Å². The summed E-state index contributed by atoms with van der Waals surface area (Å²) in [5.41, 5.74) is 3.12. The number of aryl methyl sites for hydroxylation is 1. The van der Waals surface area contributed by atoms with E-state index in [0.29, 0.717) is 5.02 Å². The van der Waals surface area contributed by atoms with Crippen LogP contribution in [0.3, 0.4) is 0 Å². The fraction of sp³-hybridized carbons (Fsp3) is 0.278. The predicted molar refractivity (Wildman–Crippen MR) is 99.4 cm³/mol. The van der Waals surface area contributed by atoms with Crippen molar-refractivity contribution in [3.8, 4) is 11.3 Å². The Balaban J connectivity index is 1.70. The molecule has 0 saturated heterocycles. The molecule has 0 radical (unpaired) electrons. The van der Waals surface area contributed by atoms with Crippen molar-refractivity contribution in [1.82, 2.24) is 15.1 Å². The molecule has 0 aliphatic heterocycles. The number of hydrogen-bond acceptors (Lipinski definition) is 4. The molecule has 3 rings (SSSR count). The molecule has 3 aromatic rings. The van der Waals surface area contributed by atoms with Gasteiger partial charge in [0.15, 0.2) is 0 Å². The Labute approximate surface area is 151 Å². The summed E-state index contributed by atoms with van der Waals surface area (Å²) >= 11 is 7.82. The second-order valence-electron chi connectivity index (χ2n) is 5.56. The van der Waals surface area contributed by atoms with Crippen LogP contribution in [-0.4, -0.2) is 23.4 Å². The Morgan fingerprint density at radius 1 is 1.33 bits per heavy atom. The molecule has 6 heteroatoms. The van der Waals surface area contributed by atoms with Gasteiger partial charge in [-0.15, -0.1) is 11.3 Å². The molecule has 4 nitrogen and oxygen atoms in total. The minimum absolute atomic E-state index is 0.0660. The molecule has 0 bridgehead atoms. The molecule has 0 amide bonds. The number of hydrogen-bond donors (Lipinski definition) is 1. The van der Waals surface area contributed by atoms with Gasteiger partial charge in [-0.05, 0) is 23.6 Å². The highest BCUT2D eigenvalue weighted by atomic mass is 35.5. The SMILES string of the molecule is COC(CNCc1cn(C)nc1-c1cccc(Cl)c1)c1cccs1. The first-order chi connectivity index (χ1) is 11.7. The fourth-order valence-corrected chi connectivity index (χ4v) is 3.65. The molecule has 0 fully saturated rings. The van der Waals surface area contributed by atoms with Gasteiger partial charge in [-0.1, -0.05) is 29.8 Å². The summed E-state index contributed by atoms with van der Waals surface area (Å²) in [5, 5.41) is 10.8. The summed E-state index contributed by atoms with van der Waals surface area (Å²) < 4.78 is 7.41. The van der Waals surface area contributed by atoms with Crippen molar-refractivity contribution in [3.63, 3.8) is 0 Å². The minimum Gasteiger partial charge on any atom is -0.375 e. The largest absolute Gasteiger partial charge is 0.375 e. The minimum atomic E-state index is 0.0660. The Kier molecular flexibility index (Phi) is 5.68. The van der Waals surface area contributed by atoms with Gasteiger partial charge in [0.2, 0.25) is 0 Å². The molecule has 1 unspecified atom stereocenters. The molecule has 0 spiro atoms. The van der Waals surface area contributed by atoms with Gasteiger partial charge < -0.3 is 10.1 Å². The van der Waals surface area contributed by atoms with Crippen molar-refractivity contribution in [2.24, 2.45) is 7.05 Å². The molecule has 1 aromatic carbocycles. The highest BCUT2D eigenvalue weighted by molar-refractivity contribution is 7.10. The lowest BCUT2D eigenvalue weighted by atomic mass is 10.1. The molecular formula is C18H20ClN3OS. The van der Waals surface area contributed by atoms with E-state index in [-0.39, 0.29) is 6.10 Å². The van der Waals surface area contributed by atoms with E-state index in [1.807, 2.05) is 48.3 Å². The van der Waals surface area contributed by atoms with E-state index < -0.39 is 0 Å². The second kappa shape index (κ2) is 7.94. The van der Waals surface area contributed by atoms with Crippen molar-refractivity contribution in [2.45, 2.75) is 12.6 Å². The Hall–Kier alpha value is -1.66. The van der Waals surface area contributed by atoms with Gasteiger partial charge in [0, 0.05) is 54.5 Å². The second-order valence-corrected chi connectivity index (χ2v) is 6.97. The average molecular weight is 362 g/mol. The van der Waals surface area contributed by atoms with Gasteiger partial charge in [-0.3, -0.25) is 4.68 Å². The van der Waals surface area contributed by atoms with Crippen LogP contribution < -0.4 is 5.32 Å². The zero-order valence-electron chi connectivity index (χ0n) is 13.7. The van der Waals surface area contributed by atoms with E-state index in [2.05, 4.69) is 21.9 Å². The van der Waals surface area contributed by atoms with Crippen LogP contribution in [0.1, 0.15) is 16.5 Å². The van der Waals surface area contributed by atoms with Gasteiger partial charge in [0.05, 0.1) is 5.69 Å². The van der Waals surface area contributed by atoms with Crippen LogP contribution in [0.5, 0.6) is 0 Å². The molecule has 0 aliphatic rings. The normalized spacial score (nSPS) is 12.5. The zero-order chi connectivity index (χ0) is 16.9. The average Bonchev–Trinajstić information content (AvgIpc) is 3.21. The highest BCUT2D eigenvalue weighted by Crippen LogP contribution is 2.25. The monoisotopic (exact) mass is 361 g/mol. The quantitative estimate of drug-likeness (QED) is 0.682. The first-order valence-electron chi connectivity index (χ1n) is 7.72. The third kappa shape index (κ3) is 4.05. The van der Waals surface area contributed by atoms with Crippen LogP contribution in [0.15, 0.2) is 48.0 Å². The van der Waals surface area contributed by atoms with Crippen molar-refractivity contribution in [3.05, 3.63) is 63.4 Å². The van der Waals surface area contributed by atoms with Gasteiger partial charge in [0.25, 0.3) is 0 Å². The molecule has 126 valence electrons. The van der Waals surface area contributed by atoms with Crippen LogP contribution >= 0.6 is 22.9 Å². The number of aromatic nitrogens is 2. The standard InChI is InChI=1S/C18H20ClN3OS/c1-22-12-14(18(21-22)13-5-3-6-15(19)9-13)10-20-11-16(23-2)17-7-4-8-24-17/h3-9,12,16,20H,10-11H2,1-2H3. The summed E-state index contributed by atoms with van der Waals surface area (Å²) in [6.07, 6.45) is 2.10. The Bertz CT molecular complexity index is 785. The number of thiophene rings is 1. The summed E-state index contributed by atoms with van der Waals surface area (Å²) in [7, 11) is 3.68. The number of halogens is 1. The van der Waals surface area contributed by atoms with Crippen LogP contribution in [0.25, 0.3) is 11.3 Å². The van der Waals surface area contributed by atoms with Crippen molar-refractivity contribution in [1.29, 1.82) is 0 Å². The highest BCUT2D eigenvalue weighted by Gasteiger charge is 2.13. The Morgan fingerprint density at radius 3 is 2.92 bits per heavy atom. The summed E-state index contributed by atoms with van der Waals surface area (Å²) in [5.74, 6) is 0. The number of nitrogens with one attached hydrogen (secondary N) is 1. The van der Waals surface area contributed by atoms with Crippen LogP contribution in [0.2, 0.25) is 5.02 Å². The van der Waals surface area contributed by atoms with E-state index in [1.54, 1.807) is 18.4 Å². The molecule has 1 N–H and O–H groups in total. The lowest BCUT2D eigenvalue weighted by Gasteiger charge is -2.14. The third-order valence-corrected chi connectivity index (χ3v) is 4.99. The van der Waals surface area contributed by atoms with Crippen LogP contribution in [0.4, 0.5) is 0 Å². The van der Waals surface area contributed by atoms with Gasteiger partial charge in [-0.2, -0.15) is 5.10 Å². The van der Waals surface area contributed by atoms with Crippen molar-refractivity contribution >= 4 is 22.9 Å². The molecule has 0 saturated carbocycles. The smallest absolute Gasteiger partial charge is 0.104 e. The number of nitrogens with zero attached hydrogens (tertiary/aromatic N) is 2. The zero-order valence-corrected chi connectivity index (χ0v) is 15.3. The van der Waals surface area contributed by atoms with Crippen LogP contribution in [0, 0.1) is 0 Å². The number of benzene rings is 1. The maximum absolute atomic E-state index is 6.11. The molecule has 24 heavy (non-hydrogen) atoms. The number of methoxy groups -OCH3 is 1. The van der Waals surface area contributed by atoms with Gasteiger partial charge in [-0.25, -0.2) is 0 Å². The number of ether oxygens (including phenoxy) is 1. The van der Waals surface area contributed by atoms with E-state index in [9.17, 15) is 0 Å². The number of rotatable bonds is 7. The first-order valence-corrected chi connectivity index (χ1v) is 8.98. The fourth-order valence-electron chi connectivity index (χ4n) is 2.66.